The number of amides is 1. The largest absolute Gasteiger partial charge is 0.349 e. The highest BCUT2D eigenvalue weighted by Gasteiger charge is 2.15. The first kappa shape index (κ1) is 19.9. The van der Waals surface area contributed by atoms with Crippen molar-refractivity contribution in [2.45, 2.75) is 38.4 Å². The van der Waals surface area contributed by atoms with E-state index in [2.05, 4.69) is 65.8 Å². The number of fused-ring (bicyclic) bond motifs is 3. The molecular weight excluding hydrogens is 400 g/mol. The molecule has 2 aromatic heterocycles. The van der Waals surface area contributed by atoms with Crippen molar-refractivity contribution in [1.29, 1.82) is 0 Å². The molecular formula is C22H24N4OS2. The first-order chi connectivity index (χ1) is 14.0. The summed E-state index contributed by atoms with van der Waals surface area (Å²) < 4.78 is 3.19. The molecule has 4 aromatic rings. The molecule has 2 heterocycles. The molecule has 1 amide bonds. The summed E-state index contributed by atoms with van der Waals surface area (Å²) in [6.45, 7) is 6.45. The molecule has 0 bridgehead atoms. The number of nitrogens with one attached hydrogen (secondary N) is 1. The summed E-state index contributed by atoms with van der Waals surface area (Å²) in [5, 5.41) is 12.3. The van der Waals surface area contributed by atoms with Gasteiger partial charge in [0, 0.05) is 0 Å². The van der Waals surface area contributed by atoms with Crippen LogP contribution in [-0.2, 0) is 11.2 Å². The van der Waals surface area contributed by atoms with Crippen molar-refractivity contribution in [3.8, 4) is 0 Å². The van der Waals surface area contributed by atoms with Crippen molar-refractivity contribution in [2.75, 3.05) is 5.75 Å². The Morgan fingerprint density at radius 3 is 2.62 bits per heavy atom. The number of benzene rings is 2. The Kier molecular flexibility index (Phi) is 5.87. The van der Waals surface area contributed by atoms with Crippen LogP contribution in [0.4, 0.5) is 0 Å². The van der Waals surface area contributed by atoms with Crippen molar-refractivity contribution in [2.24, 2.45) is 5.92 Å². The topological polar surface area (TPSA) is 59.3 Å². The standard InChI is InChI=1S/C22H24N4OS2/c1-14(2)12-16-8-10-17(11-9-16)15(3)23-20(27)13-28-21-24-25-22-26(21)18-6-4-5-7-19(18)29-22/h4-11,14-15H,12-13H2,1-3H3,(H,23,27)/t15-/m0/s1. The molecule has 5 nitrogen and oxygen atoms in total. The summed E-state index contributed by atoms with van der Waals surface area (Å²) in [6.07, 6.45) is 1.07. The van der Waals surface area contributed by atoms with E-state index in [9.17, 15) is 4.79 Å². The van der Waals surface area contributed by atoms with Gasteiger partial charge in [-0.3, -0.25) is 9.20 Å². The molecule has 2 aromatic carbocycles. The first-order valence-corrected chi connectivity index (χ1v) is 11.5. The monoisotopic (exact) mass is 424 g/mol. The molecule has 0 aliphatic heterocycles. The Balaban J connectivity index is 1.38. The van der Waals surface area contributed by atoms with Gasteiger partial charge in [0.1, 0.15) is 0 Å². The number of rotatable bonds is 7. The van der Waals surface area contributed by atoms with Gasteiger partial charge in [0.25, 0.3) is 0 Å². The third-order valence-corrected chi connectivity index (χ3v) is 6.69. The first-order valence-electron chi connectivity index (χ1n) is 9.75. The molecule has 0 saturated carbocycles. The van der Waals surface area contributed by atoms with Gasteiger partial charge in [-0.25, -0.2) is 0 Å². The van der Waals surface area contributed by atoms with E-state index in [4.69, 9.17) is 0 Å². The van der Waals surface area contributed by atoms with Gasteiger partial charge >= 0.3 is 0 Å². The van der Waals surface area contributed by atoms with Gasteiger partial charge in [-0.2, -0.15) is 0 Å². The zero-order chi connectivity index (χ0) is 20.4. The van der Waals surface area contributed by atoms with E-state index < -0.39 is 0 Å². The van der Waals surface area contributed by atoms with Crippen LogP contribution in [0.15, 0.2) is 53.7 Å². The van der Waals surface area contributed by atoms with Crippen LogP contribution >= 0.6 is 23.1 Å². The van der Waals surface area contributed by atoms with Crippen LogP contribution in [-0.4, -0.2) is 26.3 Å². The second-order valence-corrected chi connectivity index (χ2v) is 9.54. The third-order valence-electron chi connectivity index (χ3n) is 4.74. The Morgan fingerprint density at radius 1 is 1.10 bits per heavy atom. The fourth-order valence-corrected chi connectivity index (χ4v) is 5.14. The maximum absolute atomic E-state index is 12.5. The average Bonchev–Trinajstić information content (AvgIpc) is 3.25. The molecule has 0 unspecified atom stereocenters. The van der Waals surface area contributed by atoms with Gasteiger partial charge in [0.05, 0.1) is 22.0 Å². The lowest BCUT2D eigenvalue weighted by atomic mass is 10.00. The minimum Gasteiger partial charge on any atom is -0.349 e. The molecule has 7 heteroatoms. The Morgan fingerprint density at radius 2 is 1.86 bits per heavy atom. The van der Waals surface area contributed by atoms with Crippen molar-refractivity contribution in [3.05, 3.63) is 59.7 Å². The molecule has 0 aliphatic rings. The summed E-state index contributed by atoms with van der Waals surface area (Å²) >= 11 is 3.02. The normalized spacial score (nSPS) is 12.7. The van der Waals surface area contributed by atoms with Crippen molar-refractivity contribution >= 4 is 44.2 Å². The highest BCUT2D eigenvalue weighted by Crippen LogP contribution is 2.29. The highest BCUT2D eigenvalue weighted by molar-refractivity contribution is 7.99. The summed E-state index contributed by atoms with van der Waals surface area (Å²) in [7, 11) is 0. The summed E-state index contributed by atoms with van der Waals surface area (Å²) in [4.78, 5) is 13.3. The molecule has 1 N–H and O–H groups in total. The van der Waals surface area contributed by atoms with Gasteiger partial charge < -0.3 is 5.32 Å². The predicted octanol–water partition coefficient (Wildman–Crippen LogP) is 5.11. The zero-order valence-electron chi connectivity index (χ0n) is 16.8. The summed E-state index contributed by atoms with van der Waals surface area (Å²) in [6, 6.07) is 16.6. The van der Waals surface area contributed by atoms with Crippen LogP contribution in [0.5, 0.6) is 0 Å². The number of thioether (sulfide) groups is 1. The predicted molar refractivity (Wildman–Crippen MR) is 121 cm³/mol. The lowest BCUT2D eigenvalue weighted by Crippen LogP contribution is -2.28. The third kappa shape index (κ3) is 4.46. The van der Waals surface area contributed by atoms with Gasteiger partial charge in [0.15, 0.2) is 5.16 Å². The summed E-state index contributed by atoms with van der Waals surface area (Å²) in [5.41, 5.74) is 3.52. The number of aromatic nitrogens is 3. The molecule has 0 spiro atoms. The Hall–Kier alpha value is -2.38. The van der Waals surface area contributed by atoms with E-state index in [1.165, 1.54) is 22.0 Å². The number of hydrogen-bond acceptors (Lipinski definition) is 5. The number of carbonyl (C=O) groups excluding carboxylic acids is 1. The average molecular weight is 425 g/mol. The fourth-order valence-electron chi connectivity index (χ4n) is 3.36. The second kappa shape index (κ2) is 8.55. The van der Waals surface area contributed by atoms with Crippen LogP contribution < -0.4 is 5.32 Å². The fraction of sp³-hybridized carbons (Fsp3) is 0.318. The summed E-state index contributed by atoms with van der Waals surface area (Å²) in [5.74, 6) is 0.935. The minimum atomic E-state index is -0.0309. The number of nitrogens with zero attached hydrogens (tertiary/aromatic N) is 3. The molecule has 0 saturated heterocycles. The maximum atomic E-state index is 12.5. The van der Waals surface area contributed by atoms with Crippen molar-refractivity contribution in [1.82, 2.24) is 19.9 Å². The van der Waals surface area contributed by atoms with E-state index in [1.54, 1.807) is 11.3 Å². The zero-order valence-corrected chi connectivity index (χ0v) is 18.4. The molecule has 4 rings (SSSR count). The lowest BCUT2D eigenvalue weighted by molar-refractivity contribution is -0.119. The number of carbonyl (C=O) groups is 1. The van der Waals surface area contributed by atoms with Gasteiger partial charge in [-0.1, -0.05) is 73.3 Å². The van der Waals surface area contributed by atoms with E-state index >= 15 is 0 Å². The number of hydrogen-bond donors (Lipinski definition) is 1. The van der Waals surface area contributed by atoms with E-state index in [0.717, 1.165) is 27.6 Å². The van der Waals surface area contributed by atoms with Crippen LogP contribution in [0.2, 0.25) is 0 Å². The Labute approximate surface area is 178 Å². The minimum absolute atomic E-state index is 0.00922. The number of para-hydroxylation sites is 1. The Bertz CT molecular complexity index is 1130. The molecule has 0 fully saturated rings. The molecule has 150 valence electrons. The molecule has 1 atom stereocenters. The van der Waals surface area contributed by atoms with E-state index in [-0.39, 0.29) is 11.9 Å². The van der Waals surface area contributed by atoms with E-state index in [0.29, 0.717) is 11.7 Å². The molecule has 0 radical (unpaired) electrons. The molecule has 29 heavy (non-hydrogen) atoms. The van der Waals surface area contributed by atoms with Crippen LogP contribution in [0.1, 0.15) is 37.9 Å². The van der Waals surface area contributed by atoms with Crippen LogP contribution in [0.25, 0.3) is 15.2 Å². The SMILES string of the molecule is CC(C)Cc1ccc([C@H](C)NC(=O)CSc2nnc3sc4ccccc4n23)cc1. The smallest absolute Gasteiger partial charge is 0.230 e. The number of thiazole rings is 1. The molecule has 0 aliphatic carbocycles. The highest BCUT2D eigenvalue weighted by atomic mass is 32.2. The van der Waals surface area contributed by atoms with Gasteiger partial charge in [-0.05, 0) is 42.5 Å². The van der Waals surface area contributed by atoms with Crippen LogP contribution in [0, 0.1) is 5.92 Å². The van der Waals surface area contributed by atoms with Crippen molar-refractivity contribution in [3.63, 3.8) is 0 Å². The van der Waals surface area contributed by atoms with Crippen molar-refractivity contribution < 1.29 is 4.79 Å². The quantitative estimate of drug-likeness (QED) is 0.419. The second-order valence-electron chi connectivity index (χ2n) is 7.59. The van der Waals surface area contributed by atoms with Gasteiger partial charge in [0.2, 0.25) is 10.9 Å². The van der Waals surface area contributed by atoms with Crippen LogP contribution in [0.3, 0.4) is 0 Å². The maximum Gasteiger partial charge on any atom is 0.230 e. The van der Waals surface area contributed by atoms with E-state index in [1.807, 2.05) is 23.5 Å². The van der Waals surface area contributed by atoms with Gasteiger partial charge in [-0.15, -0.1) is 10.2 Å². The lowest BCUT2D eigenvalue weighted by Gasteiger charge is -2.15.